The van der Waals surface area contributed by atoms with E-state index in [1.54, 1.807) is 6.07 Å². The van der Waals surface area contributed by atoms with Gasteiger partial charge in [-0.2, -0.15) is 0 Å². The molecular formula is C56H34N4O7. The molecule has 8 aromatic carbocycles. The van der Waals surface area contributed by atoms with Crippen LogP contribution in [0.5, 0.6) is 34.5 Å². The highest BCUT2D eigenvalue weighted by Gasteiger charge is 2.37. The van der Waals surface area contributed by atoms with Gasteiger partial charge in [0.25, 0.3) is 0 Å². The maximum atomic E-state index is 11.1. The third kappa shape index (κ3) is 4.61. The molecule has 0 bridgehead atoms. The fourth-order valence-corrected chi connectivity index (χ4v) is 11.4. The van der Waals surface area contributed by atoms with Gasteiger partial charge in [0.15, 0.2) is 16.9 Å². The molecule has 6 N–H and O–H groups in total. The van der Waals surface area contributed by atoms with Gasteiger partial charge >= 0.3 is 0 Å². The lowest BCUT2D eigenvalue weighted by atomic mass is 9.87. The van der Waals surface area contributed by atoms with Crippen molar-refractivity contribution in [1.82, 2.24) is 14.3 Å². The quantitative estimate of drug-likeness (QED) is 0.0757. The van der Waals surface area contributed by atoms with Crippen LogP contribution in [0.2, 0.25) is 0 Å². The zero-order chi connectivity index (χ0) is 44.6. The maximum absolute atomic E-state index is 11.1. The van der Waals surface area contributed by atoms with Crippen molar-refractivity contribution in [3.05, 3.63) is 179 Å². The van der Waals surface area contributed by atoms with Gasteiger partial charge in [-0.15, -0.1) is 0 Å². The van der Waals surface area contributed by atoms with E-state index in [0.29, 0.717) is 16.3 Å². The lowest BCUT2D eigenvalue weighted by Gasteiger charge is -2.26. The van der Waals surface area contributed by atoms with E-state index < -0.39 is 34.9 Å². The van der Waals surface area contributed by atoms with Crippen molar-refractivity contribution in [3.63, 3.8) is 0 Å². The molecule has 4 aromatic heterocycles. The Balaban J connectivity index is 0.899. The summed E-state index contributed by atoms with van der Waals surface area (Å²) in [6.07, 6.45) is 5.02. The molecule has 0 spiro atoms. The van der Waals surface area contributed by atoms with E-state index in [2.05, 4.69) is 130 Å². The Morgan fingerprint density at radius 3 is 2.07 bits per heavy atom. The standard InChI is InChI=1S/C56H34N4O7/c61-50-45(51(62)53(64)54(65)52(50)63)47-55-46(34-10-3-6-15-42(34)67-55)57-56(58-47)27-17-20-43-37(22-27)38-24-28(18-21-44(38)66-43)59-39-13-4-1-9-30(39)33-19-16-26-23-41-36(25-35(26)49(33)59)32-12-7-11-31-29-8-2-5-14-40(29)60(41)48(31)32/h1-25,37,43,56,58,61-65H. The summed E-state index contributed by atoms with van der Waals surface area (Å²) in [4.78, 5) is 5.11. The zero-order valence-corrected chi connectivity index (χ0v) is 35.1. The third-order valence-corrected chi connectivity index (χ3v) is 14.3. The maximum Gasteiger partial charge on any atom is 0.208 e. The summed E-state index contributed by atoms with van der Waals surface area (Å²) < 4.78 is 17.6. The third-order valence-electron chi connectivity index (χ3n) is 14.3. The molecule has 0 radical (unpaired) electrons. The second kappa shape index (κ2) is 12.6. The van der Waals surface area contributed by atoms with Crippen LogP contribution in [0.1, 0.15) is 17.0 Å². The summed E-state index contributed by atoms with van der Waals surface area (Å²) in [5, 5.41) is 67.7. The first-order valence-electron chi connectivity index (χ1n) is 22.1. The van der Waals surface area contributed by atoms with E-state index in [-0.39, 0.29) is 28.7 Å². The normalized spacial score (nSPS) is 17.8. The molecule has 15 rings (SSSR count). The monoisotopic (exact) mass is 874 g/mol. The van der Waals surface area contributed by atoms with Gasteiger partial charge in [0, 0.05) is 60.3 Å². The Labute approximate surface area is 377 Å². The van der Waals surface area contributed by atoms with E-state index in [4.69, 9.17) is 14.1 Å². The summed E-state index contributed by atoms with van der Waals surface area (Å²) >= 11 is 0. The minimum absolute atomic E-state index is 0.0661. The van der Waals surface area contributed by atoms with Crippen LogP contribution >= 0.6 is 0 Å². The summed E-state index contributed by atoms with van der Waals surface area (Å²) in [5.74, 6) is -4.15. The van der Waals surface area contributed by atoms with Crippen molar-refractivity contribution >= 4 is 87.3 Å². The van der Waals surface area contributed by atoms with Crippen LogP contribution in [0.4, 0.5) is 0 Å². The number of nitrogens with zero attached hydrogens (tertiary/aromatic N) is 3. The van der Waals surface area contributed by atoms with Crippen LogP contribution in [-0.2, 0) is 0 Å². The molecule has 0 saturated heterocycles. The highest BCUT2D eigenvalue weighted by Crippen LogP contribution is 2.53. The van der Waals surface area contributed by atoms with Gasteiger partial charge in [-0.05, 0) is 71.6 Å². The smallest absolute Gasteiger partial charge is 0.208 e. The van der Waals surface area contributed by atoms with Crippen molar-refractivity contribution in [1.29, 1.82) is 0 Å². The number of nitrogens with one attached hydrogen (secondary N) is 1. The minimum atomic E-state index is -1.05. The highest BCUT2D eigenvalue weighted by atomic mass is 16.5. The molecule has 0 saturated carbocycles. The Kier molecular flexibility index (Phi) is 6.81. The fraction of sp³-hybridized carbons (Fsp3) is 0.0536. The van der Waals surface area contributed by atoms with Crippen molar-refractivity contribution in [2.24, 2.45) is 4.99 Å². The van der Waals surface area contributed by atoms with Crippen LogP contribution in [0, 0.1) is 0 Å². The van der Waals surface area contributed by atoms with E-state index in [9.17, 15) is 25.5 Å². The number of hydrogen-bond donors (Lipinski definition) is 6. The largest absolute Gasteiger partial charge is 0.504 e. The van der Waals surface area contributed by atoms with Crippen molar-refractivity contribution < 1.29 is 34.7 Å². The molecule has 3 unspecified atom stereocenters. The predicted molar refractivity (Wildman–Crippen MR) is 259 cm³/mol. The number of benzene rings is 8. The topological polar surface area (TPSA) is 157 Å². The van der Waals surface area contributed by atoms with Gasteiger partial charge in [0.05, 0.1) is 38.8 Å². The van der Waals surface area contributed by atoms with Crippen LogP contribution in [0.3, 0.4) is 0 Å². The molecule has 11 nitrogen and oxygen atoms in total. The number of aromatic nitrogens is 2. The molecule has 1 aliphatic carbocycles. The van der Waals surface area contributed by atoms with Crippen molar-refractivity contribution in [2.75, 3.05) is 0 Å². The van der Waals surface area contributed by atoms with E-state index in [0.717, 1.165) is 55.2 Å². The van der Waals surface area contributed by atoms with Crippen LogP contribution in [0.25, 0.3) is 93.0 Å². The molecule has 12 aromatic rings. The first-order chi connectivity index (χ1) is 32.8. The lowest BCUT2D eigenvalue weighted by molar-refractivity contribution is 0.268. The number of phenols is 5. The van der Waals surface area contributed by atoms with Crippen LogP contribution in [0.15, 0.2) is 167 Å². The predicted octanol–water partition coefficient (Wildman–Crippen LogP) is 10.1. The Hall–Kier alpha value is -9.09. The van der Waals surface area contributed by atoms with Gasteiger partial charge in [-0.1, -0.05) is 91.0 Å². The van der Waals surface area contributed by atoms with Gasteiger partial charge in [0.1, 0.15) is 29.0 Å². The van der Waals surface area contributed by atoms with Gasteiger partial charge < -0.3 is 49.0 Å². The molecule has 320 valence electrons. The SMILES string of the molecule is Oc1c(O)c(O)c(C2=c3oc4ccccc4c3=NC(C3=CC4c5cc(-n6c7ccccc7c7ccc8cc9c(cc8c76)c6cccc7c8ccccc8n9c76)ccc5OC4C=C3)N2)c(O)c1O. The van der Waals surface area contributed by atoms with Gasteiger partial charge in [-0.3, -0.25) is 4.99 Å². The molecule has 11 heteroatoms. The number of hydrogen-bond acceptors (Lipinski definition) is 9. The fourth-order valence-electron chi connectivity index (χ4n) is 11.4. The summed E-state index contributed by atoms with van der Waals surface area (Å²) in [6.45, 7) is 0. The molecular weight excluding hydrogens is 841 g/mol. The molecule has 67 heavy (non-hydrogen) atoms. The summed E-state index contributed by atoms with van der Waals surface area (Å²) in [5.41, 5.74) is 9.01. The van der Waals surface area contributed by atoms with E-state index in [1.165, 1.54) is 38.1 Å². The second-order valence-corrected chi connectivity index (χ2v) is 17.8. The van der Waals surface area contributed by atoms with Crippen molar-refractivity contribution in [2.45, 2.75) is 18.2 Å². The minimum Gasteiger partial charge on any atom is -0.504 e. The first-order valence-corrected chi connectivity index (χ1v) is 22.1. The molecule has 3 atom stereocenters. The summed E-state index contributed by atoms with van der Waals surface area (Å²) in [6, 6.07) is 46.8. The number of para-hydroxylation sites is 4. The molecule has 0 fully saturated rings. The Morgan fingerprint density at radius 1 is 0.567 bits per heavy atom. The average Bonchev–Trinajstić information content (AvgIpc) is 4.17. The van der Waals surface area contributed by atoms with Crippen LogP contribution < -0.4 is 20.8 Å². The highest BCUT2D eigenvalue weighted by molar-refractivity contribution is 6.27. The van der Waals surface area contributed by atoms with Crippen molar-refractivity contribution in [3.8, 4) is 40.2 Å². The average molecular weight is 875 g/mol. The first kappa shape index (κ1) is 36.3. The zero-order valence-electron chi connectivity index (χ0n) is 35.1. The summed E-state index contributed by atoms with van der Waals surface area (Å²) in [7, 11) is 0. The number of ether oxygens (including phenoxy) is 1. The second-order valence-electron chi connectivity index (χ2n) is 17.8. The molecule has 2 aliphatic heterocycles. The lowest BCUT2D eigenvalue weighted by Crippen LogP contribution is -2.43. The number of furan rings is 1. The van der Waals surface area contributed by atoms with Gasteiger partial charge in [0.2, 0.25) is 17.2 Å². The van der Waals surface area contributed by atoms with E-state index in [1.807, 2.05) is 30.4 Å². The molecule has 3 aliphatic rings. The number of rotatable bonds is 3. The number of fused-ring (bicyclic) bond motifs is 17. The number of aromatic hydroxyl groups is 5. The Bertz CT molecular complexity index is 4410. The van der Waals surface area contributed by atoms with Crippen LogP contribution in [-0.4, -0.2) is 46.8 Å². The molecule has 0 amide bonds. The number of phenolic OH excluding ortho intramolecular Hbond substituents is 5. The Morgan fingerprint density at radius 2 is 1.25 bits per heavy atom. The molecule has 6 heterocycles. The van der Waals surface area contributed by atoms with E-state index >= 15 is 0 Å². The van der Waals surface area contributed by atoms with Gasteiger partial charge in [-0.25, -0.2) is 0 Å².